The maximum Gasteiger partial charge on any atom is 0.287 e. The molecule has 2 aromatic carbocycles. The molecule has 0 saturated heterocycles. The van der Waals surface area contributed by atoms with Crippen molar-refractivity contribution in [2.24, 2.45) is 0 Å². The topological polar surface area (TPSA) is 73.2 Å². The Labute approximate surface area is 169 Å². The van der Waals surface area contributed by atoms with Gasteiger partial charge in [0.25, 0.3) is 5.56 Å². The van der Waals surface area contributed by atoms with Crippen molar-refractivity contribution in [1.29, 1.82) is 0 Å². The predicted octanol–water partition coefficient (Wildman–Crippen LogP) is 3.76. The van der Waals surface area contributed by atoms with E-state index in [1.54, 1.807) is 24.3 Å². The third kappa shape index (κ3) is 4.71. The minimum Gasteiger partial charge on any atom is -0.495 e. The molecule has 1 N–H and O–H groups in total. The summed E-state index contributed by atoms with van der Waals surface area (Å²) >= 11 is 6.93. The molecule has 0 atom stereocenters. The van der Waals surface area contributed by atoms with E-state index in [0.717, 1.165) is 11.8 Å². The number of rotatable bonds is 6. The van der Waals surface area contributed by atoms with Crippen molar-refractivity contribution in [2.45, 2.75) is 5.03 Å². The lowest BCUT2D eigenvalue weighted by molar-refractivity contribution is -0.113. The molecule has 0 unspecified atom stereocenters. The lowest BCUT2D eigenvalue weighted by Crippen LogP contribution is -2.22. The molecular formula is C19H15ClFN3O3S. The van der Waals surface area contributed by atoms with Gasteiger partial charge in [0, 0.05) is 17.4 Å². The molecule has 0 fully saturated rings. The van der Waals surface area contributed by atoms with Gasteiger partial charge in [-0.25, -0.2) is 9.37 Å². The molecule has 0 bridgehead atoms. The molecule has 0 aliphatic rings. The average molecular weight is 420 g/mol. The van der Waals surface area contributed by atoms with Crippen LogP contribution in [0.2, 0.25) is 5.02 Å². The summed E-state index contributed by atoms with van der Waals surface area (Å²) in [4.78, 5) is 28.9. The second-order valence-corrected chi connectivity index (χ2v) is 6.97. The first kappa shape index (κ1) is 19.9. The Morgan fingerprint density at radius 1 is 1.32 bits per heavy atom. The number of halogens is 2. The molecule has 0 radical (unpaired) electrons. The number of carbonyl (C=O) groups is 1. The van der Waals surface area contributed by atoms with E-state index in [2.05, 4.69) is 10.3 Å². The molecule has 0 aliphatic heterocycles. The van der Waals surface area contributed by atoms with Gasteiger partial charge in [-0.15, -0.1) is 0 Å². The van der Waals surface area contributed by atoms with Crippen molar-refractivity contribution in [3.8, 4) is 11.4 Å². The molecule has 3 rings (SSSR count). The molecule has 9 heteroatoms. The summed E-state index contributed by atoms with van der Waals surface area (Å²) < 4.78 is 19.9. The number of nitrogens with one attached hydrogen (secondary N) is 1. The number of ether oxygens (including phenoxy) is 1. The number of aromatic nitrogens is 2. The minimum atomic E-state index is -0.453. The molecule has 144 valence electrons. The van der Waals surface area contributed by atoms with Gasteiger partial charge in [0.15, 0.2) is 5.03 Å². The molecule has 1 heterocycles. The van der Waals surface area contributed by atoms with E-state index >= 15 is 0 Å². The summed E-state index contributed by atoms with van der Waals surface area (Å²) in [6, 6.07) is 10.5. The van der Waals surface area contributed by atoms with E-state index in [4.69, 9.17) is 16.3 Å². The highest BCUT2D eigenvalue weighted by Crippen LogP contribution is 2.28. The van der Waals surface area contributed by atoms with Crippen LogP contribution in [-0.4, -0.2) is 28.3 Å². The number of anilines is 1. The summed E-state index contributed by atoms with van der Waals surface area (Å²) in [6.45, 7) is 0. The van der Waals surface area contributed by atoms with E-state index in [1.807, 2.05) is 0 Å². The van der Waals surface area contributed by atoms with Crippen LogP contribution in [0.4, 0.5) is 10.1 Å². The highest BCUT2D eigenvalue weighted by atomic mass is 35.5. The molecular weight excluding hydrogens is 405 g/mol. The first-order valence-electron chi connectivity index (χ1n) is 8.07. The first-order valence-corrected chi connectivity index (χ1v) is 9.44. The van der Waals surface area contributed by atoms with Crippen LogP contribution in [-0.2, 0) is 4.79 Å². The molecule has 0 saturated carbocycles. The Hall–Kier alpha value is -2.84. The number of hydrogen-bond donors (Lipinski definition) is 1. The zero-order chi connectivity index (χ0) is 20.1. The van der Waals surface area contributed by atoms with E-state index in [9.17, 15) is 14.0 Å². The Kier molecular flexibility index (Phi) is 6.33. The summed E-state index contributed by atoms with van der Waals surface area (Å²) in [6.07, 6.45) is 2.87. The molecule has 3 aromatic rings. The van der Waals surface area contributed by atoms with Crippen LogP contribution in [0.25, 0.3) is 5.69 Å². The summed E-state index contributed by atoms with van der Waals surface area (Å²) in [5, 5.41) is 3.27. The maximum atomic E-state index is 13.4. The zero-order valence-corrected chi connectivity index (χ0v) is 16.3. The normalized spacial score (nSPS) is 10.5. The third-order valence-corrected chi connectivity index (χ3v) is 4.87. The van der Waals surface area contributed by atoms with Gasteiger partial charge in [-0.3, -0.25) is 14.2 Å². The van der Waals surface area contributed by atoms with Crippen LogP contribution < -0.4 is 15.6 Å². The standard InChI is InChI=1S/C19H15ClFN3O3S/c1-27-16-6-5-12(20)9-15(16)23-17(25)11-28-18-19(26)24(8-7-22-18)14-4-2-3-13(21)10-14/h2-10H,11H2,1H3,(H,23,25). The lowest BCUT2D eigenvalue weighted by Gasteiger charge is -2.10. The number of amides is 1. The van der Waals surface area contributed by atoms with Gasteiger partial charge in [0.1, 0.15) is 11.6 Å². The van der Waals surface area contributed by atoms with Gasteiger partial charge < -0.3 is 10.1 Å². The molecule has 6 nitrogen and oxygen atoms in total. The van der Waals surface area contributed by atoms with Gasteiger partial charge in [-0.05, 0) is 36.4 Å². The number of thioether (sulfide) groups is 1. The van der Waals surface area contributed by atoms with Crippen molar-refractivity contribution >= 4 is 35.0 Å². The number of hydrogen-bond acceptors (Lipinski definition) is 5. The van der Waals surface area contributed by atoms with E-state index < -0.39 is 11.4 Å². The Bertz CT molecular complexity index is 1070. The molecule has 0 aliphatic carbocycles. The predicted molar refractivity (Wildman–Crippen MR) is 107 cm³/mol. The fourth-order valence-electron chi connectivity index (χ4n) is 2.42. The summed E-state index contributed by atoms with van der Waals surface area (Å²) in [5.74, 6) is -0.391. The quantitative estimate of drug-likeness (QED) is 0.616. The molecule has 1 amide bonds. The van der Waals surface area contributed by atoms with Crippen LogP contribution in [0.1, 0.15) is 0 Å². The Morgan fingerprint density at radius 2 is 2.14 bits per heavy atom. The fraction of sp³-hybridized carbons (Fsp3) is 0.105. The maximum absolute atomic E-state index is 13.4. The van der Waals surface area contributed by atoms with E-state index in [-0.39, 0.29) is 16.7 Å². The van der Waals surface area contributed by atoms with Crippen LogP contribution >= 0.6 is 23.4 Å². The van der Waals surface area contributed by atoms with Crippen molar-refractivity contribution < 1.29 is 13.9 Å². The summed E-state index contributed by atoms with van der Waals surface area (Å²) in [5.41, 5.74) is 0.368. The largest absolute Gasteiger partial charge is 0.495 e. The number of nitrogens with zero attached hydrogens (tertiary/aromatic N) is 2. The second kappa shape index (κ2) is 8.90. The number of carbonyl (C=O) groups excluding carboxylic acids is 1. The SMILES string of the molecule is COc1ccc(Cl)cc1NC(=O)CSc1nccn(-c2cccc(F)c2)c1=O. The van der Waals surface area contributed by atoms with Crippen LogP contribution in [0.3, 0.4) is 0 Å². The van der Waals surface area contributed by atoms with Gasteiger partial charge in [0.05, 0.1) is 24.2 Å². The second-order valence-electron chi connectivity index (χ2n) is 5.57. The molecule has 0 spiro atoms. The fourth-order valence-corrected chi connectivity index (χ4v) is 3.29. The van der Waals surface area contributed by atoms with E-state index in [1.165, 1.54) is 42.3 Å². The first-order chi connectivity index (χ1) is 13.5. The van der Waals surface area contributed by atoms with Crippen LogP contribution in [0, 0.1) is 5.82 Å². The Morgan fingerprint density at radius 3 is 2.89 bits per heavy atom. The molecule has 1 aromatic heterocycles. The van der Waals surface area contributed by atoms with Crippen molar-refractivity contribution in [1.82, 2.24) is 9.55 Å². The highest BCUT2D eigenvalue weighted by Gasteiger charge is 2.12. The monoisotopic (exact) mass is 419 g/mol. The van der Waals surface area contributed by atoms with Gasteiger partial charge in [-0.1, -0.05) is 29.4 Å². The third-order valence-electron chi connectivity index (χ3n) is 3.67. The zero-order valence-electron chi connectivity index (χ0n) is 14.7. The average Bonchev–Trinajstić information content (AvgIpc) is 2.67. The lowest BCUT2D eigenvalue weighted by atomic mass is 10.3. The van der Waals surface area contributed by atoms with Crippen LogP contribution in [0.5, 0.6) is 5.75 Å². The van der Waals surface area contributed by atoms with Gasteiger partial charge >= 0.3 is 0 Å². The minimum absolute atomic E-state index is 0.0505. The van der Waals surface area contributed by atoms with Gasteiger partial charge in [0.2, 0.25) is 5.91 Å². The van der Waals surface area contributed by atoms with Crippen LogP contribution in [0.15, 0.2) is 64.7 Å². The Balaban J connectivity index is 1.73. The number of methoxy groups -OCH3 is 1. The van der Waals surface area contributed by atoms with Crippen molar-refractivity contribution in [3.05, 3.63) is 76.1 Å². The number of benzene rings is 2. The van der Waals surface area contributed by atoms with Crippen molar-refractivity contribution in [3.63, 3.8) is 0 Å². The highest BCUT2D eigenvalue weighted by molar-refractivity contribution is 7.99. The van der Waals surface area contributed by atoms with Crippen molar-refractivity contribution in [2.75, 3.05) is 18.2 Å². The molecule has 28 heavy (non-hydrogen) atoms. The smallest absolute Gasteiger partial charge is 0.287 e. The van der Waals surface area contributed by atoms with Gasteiger partial charge in [-0.2, -0.15) is 0 Å². The summed E-state index contributed by atoms with van der Waals surface area (Å²) in [7, 11) is 1.48. The van der Waals surface area contributed by atoms with E-state index in [0.29, 0.717) is 22.1 Å².